The van der Waals surface area contributed by atoms with Crippen LogP contribution < -0.4 is 5.32 Å². The van der Waals surface area contributed by atoms with Crippen molar-refractivity contribution in [2.45, 2.75) is 42.8 Å². The minimum absolute atomic E-state index is 0.385. The van der Waals surface area contributed by atoms with Crippen LogP contribution in [0.15, 0.2) is 29.2 Å². The first-order valence-electron chi connectivity index (χ1n) is 9.65. The van der Waals surface area contributed by atoms with Gasteiger partial charge in [0.05, 0.1) is 18.1 Å². The van der Waals surface area contributed by atoms with Gasteiger partial charge in [-0.05, 0) is 56.0 Å². The Hall–Kier alpha value is -0.990. The molecule has 4 rings (SSSR count). The van der Waals surface area contributed by atoms with E-state index < -0.39 is 15.8 Å². The van der Waals surface area contributed by atoms with Crippen molar-refractivity contribution in [1.82, 2.24) is 9.62 Å². The molecule has 0 atom stereocenters. The zero-order valence-electron chi connectivity index (χ0n) is 15.2. The van der Waals surface area contributed by atoms with Crippen molar-refractivity contribution in [1.29, 1.82) is 0 Å². The number of nitrogens with zero attached hydrogens (tertiary/aromatic N) is 1. The van der Waals surface area contributed by atoms with Gasteiger partial charge in [0.1, 0.15) is 0 Å². The summed E-state index contributed by atoms with van der Waals surface area (Å²) in [5, 5.41) is 3.38. The molecule has 0 aromatic heterocycles. The summed E-state index contributed by atoms with van der Waals surface area (Å²) >= 11 is 0. The molecule has 0 unspecified atom stereocenters. The third-order valence-electron chi connectivity index (χ3n) is 5.84. The summed E-state index contributed by atoms with van der Waals surface area (Å²) < 4.78 is 38.8. The number of hydrogen-bond donors (Lipinski definition) is 1. The van der Waals surface area contributed by atoms with Crippen LogP contribution in [0.1, 0.15) is 31.2 Å². The van der Waals surface area contributed by atoms with Crippen molar-refractivity contribution in [3.05, 3.63) is 29.8 Å². The van der Waals surface area contributed by atoms with Gasteiger partial charge < -0.3 is 14.8 Å². The van der Waals surface area contributed by atoms with Gasteiger partial charge in [0.15, 0.2) is 5.79 Å². The van der Waals surface area contributed by atoms with E-state index in [2.05, 4.69) is 5.32 Å². The zero-order chi connectivity index (χ0) is 18.0. The fourth-order valence-corrected chi connectivity index (χ4v) is 5.66. The molecule has 3 saturated heterocycles. The first kappa shape index (κ1) is 18.4. The van der Waals surface area contributed by atoms with Crippen molar-refractivity contribution in [3.8, 4) is 0 Å². The number of ether oxygens (including phenoxy) is 2. The summed E-state index contributed by atoms with van der Waals surface area (Å²) in [6.45, 7) is 4.26. The van der Waals surface area contributed by atoms with Crippen molar-refractivity contribution in [2.24, 2.45) is 5.92 Å². The molecule has 6 nitrogen and oxygen atoms in total. The van der Waals surface area contributed by atoms with E-state index in [1.165, 1.54) is 18.4 Å². The van der Waals surface area contributed by atoms with Crippen LogP contribution in [0.25, 0.3) is 0 Å². The topological polar surface area (TPSA) is 67.9 Å². The minimum atomic E-state index is -3.45. The highest BCUT2D eigenvalue weighted by Crippen LogP contribution is 2.33. The number of nitrogens with one attached hydrogen (secondary N) is 1. The second-order valence-corrected chi connectivity index (χ2v) is 9.49. The fraction of sp³-hybridized carbons (Fsp3) is 0.684. The van der Waals surface area contributed by atoms with E-state index in [-0.39, 0.29) is 0 Å². The number of rotatable bonds is 4. The van der Waals surface area contributed by atoms with Crippen LogP contribution in [0.3, 0.4) is 0 Å². The van der Waals surface area contributed by atoms with Gasteiger partial charge in [-0.15, -0.1) is 0 Å². The third-order valence-corrected chi connectivity index (χ3v) is 7.75. The molecule has 0 aliphatic carbocycles. The average molecular weight is 381 g/mol. The quantitative estimate of drug-likeness (QED) is 0.862. The molecule has 0 saturated carbocycles. The van der Waals surface area contributed by atoms with Crippen LogP contribution in [-0.2, 0) is 25.9 Å². The maximum atomic E-state index is 12.9. The van der Waals surface area contributed by atoms with Gasteiger partial charge in [0, 0.05) is 25.9 Å². The van der Waals surface area contributed by atoms with Crippen LogP contribution in [0, 0.1) is 5.92 Å². The van der Waals surface area contributed by atoms with E-state index in [0.29, 0.717) is 50.0 Å². The van der Waals surface area contributed by atoms with E-state index in [1.54, 1.807) is 16.4 Å². The van der Waals surface area contributed by atoms with E-state index >= 15 is 0 Å². The molecule has 0 radical (unpaired) electrons. The number of piperidine rings is 2. The van der Waals surface area contributed by atoms with Gasteiger partial charge in [0.2, 0.25) is 10.0 Å². The molecule has 3 heterocycles. The molecule has 1 aromatic rings. The van der Waals surface area contributed by atoms with Crippen LogP contribution in [0.2, 0.25) is 0 Å². The van der Waals surface area contributed by atoms with Crippen LogP contribution in [-0.4, -0.2) is 57.9 Å². The van der Waals surface area contributed by atoms with E-state index in [4.69, 9.17) is 9.47 Å². The smallest absolute Gasteiger partial charge is 0.243 e. The van der Waals surface area contributed by atoms with E-state index in [9.17, 15) is 8.42 Å². The first-order valence-corrected chi connectivity index (χ1v) is 11.1. The van der Waals surface area contributed by atoms with Crippen LogP contribution in [0.5, 0.6) is 0 Å². The predicted octanol–water partition coefficient (Wildman–Crippen LogP) is 1.76. The Bertz CT molecular complexity index is 698. The highest BCUT2D eigenvalue weighted by Gasteiger charge is 2.42. The lowest BCUT2D eigenvalue weighted by Gasteiger charge is -2.36. The van der Waals surface area contributed by atoms with Crippen LogP contribution in [0.4, 0.5) is 0 Å². The van der Waals surface area contributed by atoms with Gasteiger partial charge in [-0.2, -0.15) is 4.31 Å². The molecular formula is C19H28N2O4S. The van der Waals surface area contributed by atoms with Crippen molar-refractivity contribution in [2.75, 3.05) is 39.4 Å². The van der Waals surface area contributed by atoms with Gasteiger partial charge >= 0.3 is 0 Å². The Morgan fingerprint density at radius 2 is 1.65 bits per heavy atom. The maximum absolute atomic E-state index is 12.9. The summed E-state index contributed by atoms with van der Waals surface area (Å²) in [7, 11) is -3.45. The van der Waals surface area contributed by atoms with Gasteiger partial charge in [-0.25, -0.2) is 8.42 Å². The second-order valence-electron chi connectivity index (χ2n) is 7.55. The largest absolute Gasteiger partial charge is 0.347 e. The van der Waals surface area contributed by atoms with Gasteiger partial charge in [-0.3, -0.25) is 0 Å². The van der Waals surface area contributed by atoms with Gasteiger partial charge in [-0.1, -0.05) is 12.1 Å². The molecule has 0 amide bonds. The Morgan fingerprint density at radius 1 is 1.04 bits per heavy atom. The zero-order valence-corrected chi connectivity index (χ0v) is 16.0. The standard InChI is InChI=1S/C19H28N2O4S/c22-26(23,21-11-7-19(8-12-21)24-13-14-25-19)18-3-1-16(2-4-18)15-17-5-9-20-10-6-17/h1-4,17,20H,5-15H2. The molecule has 3 aliphatic heterocycles. The monoisotopic (exact) mass is 380 g/mol. The minimum Gasteiger partial charge on any atom is -0.347 e. The lowest BCUT2D eigenvalue weighted by atomic mass is 9.91. The highest BCUT2D eigenvalue weighted by molar-refractivity contribution is 7.89. The first-order chi connectivity index (χ1) is 12.6. The van der Waals surface area contributed by atoms with Crippen LogP contribution >= 0.6 is 0 Å². The van der Waals surface area contributed by atoms with Crippen molar-refractivity contribution < 1.29 is 17.9 Å². The second kappa shape index (κ2) is 7.56. The Labute approximate surface area is 155 Å². The number of benzene rings is 1. The summed E-state index contributed by atoms with van der Waals surface area (Å²) in [6.07, 6.45) is 4.61. The highest BCUT2D eigenvalue weighted by atomic mass is 32.2. The molecule has 144 valence electrons. The molecule has 7 heteroatoms. The Kier molecular flexibility index (Phi) is 5.34. The SMILES string of the molecule is O=S(=O)(c1ccc(CC2CCNCC2)cc1)N1CCC2(CC1)OCCO2. The normalized spacial score (nSPS) is 24.9. The lowest BCUT2D eigenvalue weighted by Crippen LogP contribution is -2.47. The fourth-order valence-electron chi connectivity index (χ4n) is 4.22. The number of hydrogen-bond acceptors (Lipinski definition) is 5. The van der Waals surface area contributed by atoms with Crippen molar-refractivity contribution in [3.63, 3.8) is 0 Å². The molecule has 26 heavy (non-hydrogen) atoms. The summed E-state index contributed by atoms with van der Waals surface area (Å²) in [5.74, 6) is 0.147. The number of sulfonamides is 1. The molecule has 3 aliphatic rings. The summed E-state index contributed by atoms with van der Waals surface area (Å²) in [5.41, 5.74) is 1.22. The summed E-state index contributed by atoms with van der Waals surface area (Å²) in [4.78, 5) is 0.385. The average Bonchev–Trinajstić information content (AvgIpc) is 3.11. The molecule has 1 aromatic carbocycles. The molecular weight excluding hydrogens is 352 g/mol. The molecule has 1 spiro atoms. The molecule has 1 N–H and O–H groups in total. The van der Waals surface area contributed by atoms with Crippen molar-refractivity contribution >= 4 is 10.0 Å². The van der Waals surface area contributed by atoms with E-state index in [0.717, 1.165) is 19.5 Å². The molecule has 0 bridgehead atoms. The van der Waals surface area contributed by atoms with E-state index in [1.807, 2.05) is 12.1 Å². The maximum Gasteiger partial charge on any atom is 0.243 e. The predicted molar refractivity (Wildman–Crippen MR) is 98.4 cm³/mol. The lowest BCUT2D eigenvalue weighted by molar-refractivity contribution is -0.179. The Balaban J connectivity index is 1.39. The summed E-state index contributed by atoms with van der Waals surface area (Å²) in [6, 6.07) is 7.48. The molecule has 3 fully saturated rings. The van der Waals surface area contributed by atoms with Gasteiger partial charge in [0.25, 0.3) is 0 Å². The third kappa shape index (κ3) is 3.82. The Morgan fingerprint density at radius 3 is 2.27 bits per heavy atom.